The number of nitrogens with one attached hydrogen (secondary N) is 2. The predicted molar refractivity (Wildman–Crippen MR) is 173 cm³/mol. The Labute approximate surface area is 261 Å². The van der Waals surface area contributed by atoms with Crippen molar-refractivity contribution >= 4 is 23.6 Å². The number of hydrogen-bond donors (Lipinski definition) is 2. The minimum absolute atomic E-state index is 0.0235. The molecule has 0 unspecified atom stereocenters. The van der Waals surface area contributed by atoms with E-state index in [4.69, 9.17) is 0 Å². The van der Waals surface area contributed by atoms with Crippen molar-refractivity contribution in [3.63, 3.8) is 0 Å². The van der Waals surface area contributed by atoms with Crippen LogP contribution >= 0.6 is 0 Å². The van der Waals surface area contributed by atoms with E-state index in [-0.39, 0.29) is 53.7 Å². The van der Waals surface area contributed by atoms with Gasteiger partial charge in [0, 0.05) is 31.2 Å². The number of carbonyl (C=O) groups is 4. The predicted octanol–water partition coefficient (Wildman–Crippen LogP) is 4.51. The van der Waals surface area contributed by atoms with Crippen LogP contribution in [0.1, 0.15) is 114 Å². The van der Waals surface area contributed by atoms with Crippen molar-refractivity contribution in [2.24, 2.45) is 11.3 Å². The average molecular weight is 604 g/mol. The Bertz CT molecular complexity index is 997. The van der Waals surface area contributed by atoms with Crippen LogP contribution in [0.15, 0.2) is 11.6 Å². The van der Waals surface area contributed by atoms with Crippen LogP contribution in [0.2, 0.25) is 0 Å². The van der Waals surface area contributed by atoms with E-state index in [9.17, 15) is 19.2 Å². The van der Waals surface area contributed by atoms with Gasteiger partial charge in [0.15, 0.2) is 0 Å². The van der Waals surface area contributed by atoms with E-state index in [1.54, 1.807) is 23.8 Å². The fraction of sp³-hybridized carbons (Fsp3) is 0.824. The molecule has 4 amide bonds. The van der Waals surface area contributed by atoms with Gasteiger partial charge in [-0.15, -0.1) is 0 Å². The number of nitrogens with zero attached hydrogens (tertiary/aromatic N) is 3. The highest BCUT2D eigenvalue weighted by atomic mass is 16.2. The maximum absolute atomic E-state index is 14.1. The van der Waals surface area contributed by atoms with Crippen LogP contribution in [0.4, 0.5) is 0 Å². The molecule has 0 spiro atoms. The molecule has 2 rings (SSSR count). The molecule has 0 aromatic rings. The minimum atomic E-state index is -0.719. The summed E-state index contributed by atoms with van der Waals surface area (Å²) in [5.41, 5.74) is 0.00563. The third-order valence-electron chi connectivity index (χ3n) is 9.29. The van der Waals surface area contributed by atoms with E-state index in [1.807, 2.05) is 40.7 Å². The molecule has 0 aromatic carbocycles. The van der Waals surface area contributed by atoms with Gasteiger partial charge in [0.1, 0.15) is 12.1 Å². The summed E-state index contributed by atoms with van der Waals surface area (Å²) >= 11 is 0. The maximum Gasteiger partial charge on any atom is 0.249 e. The monoisotopic (exact) mass is 603 g/mol. The zero-order valence-corrected chi connectivity index (χ0v) is 29.0. The third-order valence-corrected chi connectivity index (χ3v) is 9.29. The maximum atomic E-state index is 14.1. The lowest BCUT2D eigenvalue weighted by atomic mass is 9.84. The third kappa shape index (κ3) is 9.53. The molecule has 0 bridgehead atoms. The van der Waals surface area contributed by atoms with Crippen molar-refractivity contribution < 1.29 is 19.2 Å². The molecule has 2 aliphatic heterocycles. The highest BCUT2D eigenvalue weighted by molar-refractivity contribution is 5.97. The first-order valence-corrected chi connectivity index (χ1v) is 16.7. The second kappa shape index (κ2) is 16.1. The van der Waals surface area contributed by atoms with Crippen LogP contribution in [0.25, 0.3) is 0 Å². The van der Waals surface area contributed by atoms with Crippen LogP contribution in [0.3, 0.4) is 0 Å². The van der Waals surface area contributed by atoms with Crippen LogP contribution in [-0.4, -0.2) is 94.7 Å². The summed E-state index contributed by atoms with van der Waals surface area (Å²) in [7, 11) is 1.76. The highest BCUT2D eigenvalue weighted by Crippen LogP contribution is 2.27. The second-order valence-electron chi connectivity index (χ2n) is 14.4. The molecule has 4 atom stereocenters. The van der Waals surface area contributed by atoms with Crippen LogP contribution in [0.5, 0.6) is 0 Å². The molecule has 2 N–H and O–H groups in total. The Morgan fingerprint density at radius 3 is 2.00 bits per heavy atom. The van der Waals surface area contributed by atoms with Crippen molar-refractivity contribution in [2.75, 3.05) is 20.1 Å². The Morgan fingerprint density at radius 2 is 1.47 bits per heavy atom. The molecule has 43 heavy (non-hydrogen) atoms. The first-order valence-electron chi connectivity index (χ1n) is 16.7. The molecular formula is C34H61N5O4. The fourth-order valence-corrected chi connectivity index (χ4v) is 6.47. The molecule has 2 heterocycles. The van der Waals surface area contributed by atoms with Gasteiger partial charge in [0.05, 0.1) is 12.1 Å². The highest BCUT2D eigenvalue weighted by Gasteiger charge is 2.40. The first kappa shape index (κ1) is 36.8. The molecule has 2 saturated heterocycles. The minimum Gasteiger partial charge on any atom is -0.352 e. The van der Waals surface area contributed by atoms with E-state index in [0.29, 0.717) is 18.5 Å². The molecule has 0 aromatic heterocycles. The standard InChI is InChI=1S/C34H61N5O4/c1-12-25(13-2)35-30(40)27-18-16-20-39(27)32(42)24(7)21-28(22(3)4)37(11)33(43)29(34(8,9)10)36-31(41)26-17-14-15-19-38(26)23(5)6/h21-23,25-29H,12-20H2,1-11H3,(H,35,40)(H,36,41)/t26-,27+,28-,29-/m1/s1. The number of rotatable bonds is 12. The molecule has 0 radical (unpaired) electrons. The van der Waals surface area contributed by atoms with Gasteiger partial charge < -0.3 is 20.4 Å². The van der Waals surface area contributed by atoms with Crippen molar-refractivity contribution in [3.05, 3.63) is 11.6 Å². The van der Waals surface area contributed by atoms with Gasteiger partial charge in [-0.1, -0.05) is 61.0 Å². The van der Waals surface area contributed by atoms with Crippen molar-refractivity contribution in [2.45, 2.75) is 150 Å². The number of amides is 4. The molecule has 9 nitrogen and oxygen atoms in total. The van der Waals surface area contributed by atoms with E-state index in [1.165, 1.54) is 0 Å². The summed E-state index contributed by atoms with van der Waals surface area (Å²) in [6, 6.07) is -1.44. The number of piperidine rings is 1. The smallest absolute Gasteiger partial charge is 0.249 e. The lowest BCUT2D eigenvalue weighted by Gasteiger charge is -2.41. The normalized spacial score (nSPS) is 21.7. The van der Waals surface area contributed by atoms with E-state index < -0.39 is 17.5 Å². The van der Waals surface area contributed by atoms with Gasteiger partial charge in [0.25, 0.3) is 0 Å². The Kier molecular flexibility index (Phi) is 13.7. The van der Waals surface area contributed by atoms with E-state index in [2.05, 4.69) is 43.2 Å². The summed E-state index contributed by atoms with van der Waals surface area (Å²) in [5.74, 6) is -0.495. The van der Waals surface area contributed by atoms with E-state index >= 15 is 0 Å². The molecule has 9 heteroatoms. The topological polar surface area (TPSA) is 102 Å². The van der Waals surface area contributed by atoms with Crippen molar-refractivity contribution in [3.8, 4) is 0 Å². The molecule has 246 valence electrons. The molecule has 2 fully saturated rings. The van der Waals surface area contributed by atoms with Gasteiger partial charge in [-0.3, -0.25) is 24.1 Å². The van der Waals surface area contributed by atoms with Crippen molar-refractivity contribution in [1.29, 1.82) is 0 Å². The lowest BCUT2D eigenvalue weighted by Crippen LogP contribution is -2.60. The summed E-state index contributed by atoms with van der Waals surface area (Å²) in [4.78, 5) is 60.0. The molecule has 0 aliphatic carbocycles. The Morgan fingerprint density at radius 1 is 0.884 bits per heavy atom. The number of carbonyl (C=O) groups excluding carboxylic acids is 4. The van der Waals surface area contributed by atoms with Crippen LogP contribution in [0, 0.1) is 11.3 Å². The van der Waals surface area contributed by atoms with Crippen LogP contribution in [-0.2, 0) is 19.2 Å². The lowest BCUT2D eigenvalue weighted by molar-refractivity contribution is -0.142. The molecular weight excluding hydrogens is 542 g/mol. The zero-order chi connectivity index (χ0) is 32.6. The number of likely N-dealkylation sites (N-methyl/N-ethyl adjacent to an activating group) is 1. The SMILES string of the molecule is CCC(CC)NC(=O)[C@@H]1CCCN1C(=O)C(C)=C[C@H](C(C)C)N(C)C(=O)[C@@H](NC(=O)[C@H]1CCCCN1C(C)C)C(C)(C)C. The van der Waals surface area contributed by atoms with E-state index in [0.717, 1.165) is 45.1 Å². The van der Waals surface area contributed by atoms with Gasteiger partial charge in [0.2, 0.25) is 23.6 Å². The summed E-state index contributed by atoms with van der Waals surface area (Å²) in [6.07, 6.45) is 7.87. The van der Waals surface area contributed by atoms with Gasteiger partial charge in [-0.25, -0.2) is 0 Å². The first-order chi connectivity index (χ1) is 20.0. The van der Waals surface area contributed by atoms with Crippen LogP contribution < -0.4 is 10.6 Å². The molecule has 2 aliphatic rings. The Balaban J connectivity index is 2.26. The van der Waals surface area contributed by atoms with Crippen molar-refractivity contribution in [1.82, 2.24) is 25.3 Å². The van der Waals surface area contributed by atoms with Gasteiger partial charge in [-0.05, 0) is 77.2 Å². The fourth-order valence-electron chi connectivity index (χ4n) is 6.47. The van der Waals surface area contributed by atoms with Gasteiger partial charge >= 0.3 is 0 Å². The Hall–Kier alpha value is -2.42. The van der Waals surface area contributed by atoms with Gasteiger partial charge in [-0.2, -0.15) is 0 Å². The molecule has 0 saturated carbocycles. The number of likely N-dealkylation sites (tertiary alicyclic amines) is 2. The largest absolute Gasteiger partial charge is 0.352 e. The number of hydrogen-bond acceptors (Lipinski definition) is 5. The summed E-state index contributed by atoms with van der Waals surface area (Å²) in [5, 5.41) is 6.24. The quantitative estimate of drug-likeness (QED) is 0.320. The summed E-state index contributed by atoms with van der Waals surface area (Å²) in [6.45, 7) is 21.5. The second-order valence-corrected chi connectivity index (χ2v) is 14.4. The zero-order valence-electron chi connectivity index (χ0n) is 29.0. The average Bonchev–Trinajstić information content (AvgIpc) is 3.45. The summed E-state index contributed by atoms with van der Waals surface area (Å²) < 4.78 is 0.